The minimum absolute atomic E-state index is 0.126. The molecule has 0 aromatic carbocycles. The van der Waals surface area contributed by atoms with Crippen LogP contribution < -0.4 is 33.2 Å². The Morgan fingerprint density at radius 1 is 0.778 bits per heavy atom. The van der Waals surface area contributed by atoms with Crippen molar-refractivity contribution in [1.29, 1.82) is 0 Å². The minimum atomic E-state index is -1.38. The number of nitrogens with one attached hydrogen (secondary N) is 3. The van der Waals surface area contributed by atoms with Crippen molar-refractivity contribution >= 4 is 47.3 Å². The Labute approximate surface area is 213 Å². The van der Waals surface area contributed by atoms with E-state index in [1.165, 1.54) is 11.8 Å². The lowest BCUT2D eigenvalue weighted by molar-refractivity contribution is -0.142. The van der Waals surface area contributed by atoms with Gasteiger partial charge in [-0.2, -0.15) is 11.8 Å². The number of carbonyl (C=O) groups excluding carboxylic acids is 4. The van der Waals surface area contributed by atoms with Gasteiger partial charge in [0.2, 0.25) is 23.6 Å². The van der Waals surface area contributed by atoms with Crippen molar-refractivity contribution in [2.45, 2.75) is 75.5 Å². The van der Waals surface area contributed by atoms with Gasteiger partial charge in [0.1, 0.15) is 18.1 Å². The Balaban J connectivity index is 5.46. The van der Waals surface area contributed by atoms with E-state index in [9.17, 15) is 33.9 Å². The van der Waals surface area contributed by atoms with Gasteiger partial charge in [0, 0.05) is 12.8 Å². The van der Waals surface area contributed by atoms with E-state index in [2.05, 4.69) is 16.0 Å². The summed E-state index contributed by atoms with van der Waals surface area (Å²) < 4.78 is 0. The largest absolute Gasteiger partial charge is 0.481 e. The lowest BCUT2D eigenvalue weighted by atomic mass is 10.1. The van der Waals surface area contributed by atoms with Crippen LogP contribution in [0.4, 0.5) is 0 Å². The number of amides is 4. The number of primary amides is 1. The Morgan fingerprint density at radius 3 is 1.83 bits per heavy atom. The molecule has 0 aliphatic heterocycles. The molecule has 0 spiro atoms. The number of hydrogen-bond acceptors (Lipinski definition) is 9. The van der Waals surface area contributed by atoms with E-state index in [4.69, 9.17) is 22.3 Å². The van der Waals surface area contributed by atoms with Crippen molar-refractivity contribution in [1.82, 2.24) is 16.0 Å². The highest BCUT2D eigenvalue weighted by molar-refractivity contribution is 7.98. The van der Waals surface area contributed by atoms with Crippen LogP contribution in [0.5, 0.6) is 0 Å². The van der Waals surface area contributed by atoms with Gasteiger partial charge in [0.15, 0.2) is 0 Å². The van der Waals surface area contributed by atoms with Crippen LogP contribution in [0.2, 0.25) is 0 Å². The van der Waals surface area contributed by atoms with Gasteiger partial charge in [-0.15, -0.1) is 0 Å². The average Bonchev–Trinajstić information content (AvgIpc) is 2.81. The fourth-order valence-electron chi connectivity index (χ4n) is 3.04. The molecule has 0 aliphatic rings. The maximum Gasteiger partial charge on any atom is 0.326 e. The third-order valence-corrected chi connectivity index (χ3v) is 5.77. The van der Waals surface area contributed by atoms with Crippen molar-refractivity contribution in [3.05, 3.63) is 0 Å². The summed E-state index contributed by atoms with van der Waals surface area (Å²) in [5.74, 6) is -4.90. The molecule has 36 heavy (non-hydrogen) atoms. The Kier molecular flexibility index (Phi) is 16.9. The number of carboxylic acids is 2. The lowest BCUT2D eigenvalue weighted by Crippen LogP contribution is -2.57. The van der Waals surface area contributed by atoms with Gasteiger partial charge in [-0.25, -0.2) is 4.79 Å². The highest BCUT2D eigenvalue weighted by atomic mass is 32.2. The highest BCUT2D eigenvalue weighted by Gasteiger charge is 2.30. The molecule has 0 aromatic heterocycles. The second kappa shape index (κ2) is 18.4. The number of thioether (sulfide) groups is 1. The van der Waals surface area contributed by atoms with Gasteiger partial charge < -0.3 is 43.4 Å². The molecule has 0 heterocycles. The molecule has 0 fully saturated rings. The van der Waals surface area contributed by atoms with Crippen LogP contribution in [0.25, 0.3) is 0 Å². The lowest BCUT2D eigenvalue weighted by Gasteiger charge is -2.25. The first-order valence-corrected chi connectivity index (χ1v) is 12.9. The van der Waals surface area contributed by atoms with Gasteiger partial charge in [-0.1, -0.05) is 0 Å². The van der Waals surface area contributed by atoms with Crippen LogP contribution >= 0.6 is 11.8 Å². The standard InChI is InChI=1S/C21H38N6O8S/c1-36-11-9-14(20(33)27-15(21(34)35)6-7-16(24)28)26-19(32)13(4-2-3-10-22)25-18(31)12(23)5-8-17(29)30/h12-15H,2-11,22-23H2,1H3,(H2,24,28)(H,25,31)(H,26,32)(H,27,33)(H,29,30)(H,34,35). The highest BCUT2D eigenvalue weighted by Crippen LogP contribution is 2.07. The first-order valence-electron chi connectivity index (χ1n) is 11.5. The zero-order valence-corrected chi connectivity index (χ0v) is 21.2. The molecule has 15 heteroatoms. The summed E-state index contributed by atoms with van der Waals surface area (Å²) in [4.78, 5) is 71.5. The van der Waals surface area contributed by atoms with Crippen LogP contribution in [-0.4, -0.2) is 88.5 Å². The number of nitrogens with two attached hydrogens (primary N) is 3. The normalized spacial score (nSPS) is 14.1. The van der Waals surface area contributed by atoms with Crippen molar-refractivity contribution in [2.24, 2.45) is 17.2 Å². The smallest absolute Gasteiger partial charge is 0.326 e. The molecule has 4 unspecified atom stereocenters. The van der Waals surface area contributed by atoms with Crippen LogP contribution in [0.15, 0.2) is 0 Å². The van der Waals surface area contributed by atoms with Crippen LogP contribution in [0, 0.1) is 0 Å². The third kappa shape index (κ3) is 14.5. The summed E-state index contributed by atoms with van der Waals surface area (Å²) in [7, 11) is 0. The first-order chi connectivity index (χ1) is 16.9. The molecule has 14 nitrogen and oxygen atoms in total. The second-order valence-electron chi connectivity index (χ2n) is 8.13. The zero-order valence-electron chi connectivity index (χ0n) is 20.4. The minimum Gasteiger partial charge on any atom is -0.481 e. The predicted molar refractivity (Wildman–Crippen MR) is 133 cm³/mol. The average molecular weight is 535 g/mol. The van der Waals surface area contributed by atoms with Gasteiger partial charge in [-0.05, 0) is 57.1 Å². The van der Waals surface area contributed by atoms with E-state index < -0.39 is 59.7 Å². The third-order valence-electron chi connectivity index (χ3n) is 5.12. The molecule has 4 amide bonds. The number of hydrogen-bond donors (Lipinski definition) is 8. The molecule has 0 radical (unpaired) electrons. The van der Waals surface area contributed by atoms with E-state index in [1.807, 2.05) is 0 Å². The summed E-state index contributed by atoms with van der Waals surface area (Å²) in [6.45, 7) is 0.362. The topological polar surface area (TPSA) is 257 Å². The molecular formula is C21H38N6O8S. The molecule has 4 atom stereocenters. The fourth-order valence-corrected chi connectivity index (χ4v) is 3.51. The van der Waals surface area contributed by atoms with Crippen molar-refractivity contribution in [3.8, 4) is 0 Å². The summed E-state index contributed by atoms with van der Waals surface area (Å²) in [6.07, 6.45) is 2.28. The molecule has 0 saturated carbocycles. The number of unbranched alkanes of at least 4 members (excludes halogenated alkanes) is 1. The van der Waals surface area contributed by atoms with Gasteiger partial charge in [0.05, 0.1) is 6.04 Å². The summed E-state index contributed by atoms with van der Waals surface area (Å²) >= 11 is 1.40. The maximum atomic E-state index is 13.0. The number of carboxylic acid groups (broad SMARTS) is 2. The number of rotatable bonds is 20. The Bertz CT molecular complexity index is 769. The van der Waals surface area contributed by atoms with Crippen molar-refractivity contribution < 1.29 is 39.0 Å². The molecule has 11 N–H and O–H groups in total. The summed E-state index contributed by atoms with van der Waals surface area (Å²) in [5, 5.41) is 25.5. The monoisotopic (exact) mass is 534 g/mol. The quantitative estimate of drug-likeness (QED) is 0.0782. The SMILES string of the molecule is CSCCC(NC(=O)C(CCCCN)NC(=O)C(N)CCC(=O)O)C(=O)NC(CCC(N)=O)C(=O)O. The van der Waals surface area contributed by atoms with E-state index in [0.717, 1.165) is 0 Å². The van der Waals surface area contributed by atoms with Crippen molar-refractivity contribution in [3.63, 3.8) is 0 Å². The van der Waals surface area contributed by atoms with Crippen LogP contribution in [0.3, 0.4) is 0 Å². The molecular weight excluding hydrogens is 496 g/mol. The summed E-state index contributed by atoms with van der Waals surface area (Å²) in [5.41, 5.74) is 16.3. The predicted octanol–water partition coefficient (Wildman–Crippen LogP) is -2.13. The van der Waals surface area contributed by atoms with Crippen LogP contribution in [0.1, 0.15) is 51.4 Å². The van der Waals surface area contributed by atoms with E-state index in [0.29, 0.717) is 25.1 Å². The molecule has 206 valence electrons. The van der Waals surface area contributed by atoms with Gasteiger partial charge in [-0.3, -0.25) is 24.0 Å². The zero-order chi connectivity index (χ0) is 27.7. The Hall–Kier alpha value is -2.91. The molecule has 0 bridgehead atoms. The molecule has 0 aliphatic carbocycles. The Morgan fingerprint density at radius 2 is 1.33 bits per heavy atom. The van der Waals surface area contributed by atoms with Crippen molar-refractivity contribution in [2.75, 3.05) is 18.6 Å². The molecule has 0 aromatic rings. The van der Waals surface area contributed by atoms with Crippen LogP contribution in [-0.2, 0) is 28.8 Å². The molecule has 0 saturated heterocycles. The van der Waals surface area contributed by atoms with E-state index in [1.54, 1.807) is 6.26 Å². The number of aliphatic carboxylic acids is 2. The fraction of sp³-hybridized carbons (Fsp3) is 0.714. The van der Waals surface area contributed by atoms with E-state index in [-0.39, 0.29) is 38.5 Å². The second-order valence-corrected chi connectivity index (χ2v) is 9.12. The maximum absolute atomic E-state index is 13.0. The van der Waals surface area contributed by atoms with Gasteiger partial charge >= 0.3 is 11.9 Å². The van der Waals surface area contributed by atoms with E-state index >= 15 is 0 Å². The molecule has 0 rings (SSSR count). The van der Waals surface area contributed by atoms with Gasteiger partial charge in [0.25, 0.3) is 0 Å². The number of carbonyl (C=O) groups is 6. The first kappa shape index (κ1) is 33.1. The summed E-state index contributed by atoms with van der Waals surface area (Å²) in [6, 6.07) is -4.72.